The Morgan fingerprint density at radius 2 is 1.85 bits per heavy atom. The molecule has 0 N–H and O–H groups in total. The number of pyridine rings is 1. The van der Waals surface area contributed by atoms with Crippen molar-refractivity contribution in [2.45, 2.75) is 11.5 Å². The van der Waals surface area contributed by atoms with Crippen LogP contribution in [-0.4, -0.2) is 15.0 Å². The average Bonchev–Trinajstić information content (AvgIpc) is 2.96. The van der Waals surface area contributed by atoms with Gasteiger partial charge in [0.1, 0.15) is 10.8 Å². The Kier molecular flexibility index (Phi) is 2.86. The maximum Gasteiger partial charge on any atom is 0.179 e. The molecule has 98 valence electrons. The van der Waals surface area contributed by atoms with Crippen molar-refractivity contribution >= 4 is 34.3 Å². The van der Waals surface area contributed by atoms with E-state index >= 15 is 0 Å². The molecule has 0 atom stereocenters. The van der Waals surface area contributed by atoms with Gasteiger partial charge in [0, 0.05) is 22.5 Å². The fraction of sp³-hybridized carbons (Fsp3) is 0.133. The lowest BCUT2D eigenvalue weighted by Crippen LogP contribution is -1.98. The van der Waals surface area contributed by atoms with E-state index in [0.717, 1.165) is 39.4 Å². The summed E-state index contributed by atoms with van der Waals surface area (Å²) in [7, 11) is 0. The molecule has 0 saturated carbocycles. The van der Waals surface area contributed by atoms with Gasteiger partial charge in [0.05, 0.1) is 11.2 Å². The Labute approximate surface area is 125 Å². The van der Waals surface area contributed by atoms with E-state index in [9.17, 15) is 0 Å². The molecule has 3 aromatic rings. The minimum absolute atomic E-state index is 0.560. The molecule has 4 rings (SSSR count). The van der Waals surface area contributed by atoms with E-state index in [4.69, 9.17) is 11.6 Å². The molecule has 20 heavy (non-hydrogen) atoms. The Balaban J connectivity index is 1.88. The molecule has 0 bridgehead atoms. The summed E-state index contributed by atoms with van der Waals surface area (Å²) in [5.41, 5.74) is 3.83. The van der Waals surface area contributed by atoms with E-state index in [2.05, 4.69) is 15.0 Å². The summed E-state index contributed by atoms with van der Waals surface area (Å²) >= 11 is 8.07. The van der Waals surface area contributed by atoms with Crippen molar-refractivity contribution in [2.75, 3.05) is 0 Å². The van der Waals surface area contributed by atoms with Gasteiger partial charge in [-0.1, -0.05) is 35.9 Å². The van der Waals surface area contributed by atoms with Crippen molar-refractivity contribution in [2.24, 2.45) is 0 Å². The van der Waals surface area contributed by atoms with Crippen LogP contribution in [0.4, 0.5) is 0 Å². The predicted octanol–water partition coefficient (Wildman–Crippen LogP) is 4.09. The second-order valence-corrected chi connectivity index (χ2v) is 5.99. The molecular weight excluding hydrogens is 290 g/mol. The fourth-order valence-electron chi connectivity index (χ4n) is 2.32. The zero-order valence-corrected chi connectivity index (χ0v) is 12.1. The van der Waals surface area contributed by atoms with Crippen LogP contribution in [0, 0.1) is 0 Å². The van der Waals surface area contributed by atoms with E-state index in [0.29, 0.717) is 11.0 Å². The summed E-state index contributed by atoms with van der Waals surface area (Å²) in [5, 5.41) is 1.67. The van der Waals surface area contributed by atoms with E-state index in [1.54, 1.807) is 0 Å². The Hall–Kier alpha value is -1.65. The van der Waals surface area contributed by atoms with Crippen LogP contribution >= 0.6 is 23.4 Å². The van der Waals surface area contributed by atoms with Crippen LogP contribution in [-0.2, 0) is 11.5 Å². The van der Waals surface area contributed by atoms with Crippen molar-refractivity contribution in [3.8, 4) is 11.5 Å². The third-order valence-electron chi connectivity index (χ3n) is 3.35. The van der Waals surface area contributed by atoms with E-state index in [1.165, 1.54) is 0 Å². The number of halogens is 1. The third kappa shape index (κ3) is 1.96. The maximum absolute atomic E-state index is 6.25. The maximum atomic E-state index is 6.25. The monoisotopic (exact) mass is 299 g/mol. The minimum atomic E-state index is 0.560. The van der Waals surface area contributed by atoms with Crippen LogP contribution in [0.25, 0.3) is 22.4 Å². The molecule has 2 aromatic heterocycles. The highest BCUT2D eigenvalue weighted by atomic mass is 35.5. The van der Waals surface area contributed by atoms with Crippen molar-refractivity contribution in [3.05, 3.63) is 52.8 Å². The number of benzene rings is 1. The smallest absolute Gasteiger partial charge is 0.179 e. The van der Waals surface area contributed by atoms with Crippen molar-refractivity contribution < 1.29 is 0 Å². The van der Waals surface area contributed by atoms with Gasteiger partial charge in [-0.3, -0.25) is 0 Å². The number of hydrogen-bond donors (Lipinski definition) is 0. The second-order valence-electron chi connectivity index (χ2n) is 4.65. The summed E-state index contributed by atoms with van der Waals surface area (Å²) in [6.45, 7) is 0. The fourth-order valence-corrected chi connectivity index (χ4v) is 3.69. The summed E-state index contributed by atoms with van der Waals surface area (Å²) in [6, 6.07) is 12.0. The summed E-state index contributed by atoms with van der Waals surface area (Å²) < 4.78 is 0. The normalized spacial score (nSPS) is 13.7. The molecule has 1 aliphatic rings. The SMILES string of the molecule is Clc1nc(-c2ccc3ccccc3n2)nc2c1CSC2. The summed E-state index contributed by atoms with van der Waals surface area (Å²) in [6.07, 6.45) is 0. The first-order chi connectivity index (χ1) is 9.81. The Morgan fingerprint density at radius 3 is 2.80 bits per heavy atom. The quantitative estimate of drug-likeness (QED) is 0.634. The lowest BCUT2D eigenvalue weighted by molar-refractivity contribution is 1.06. The first-order valence-electron chi connectivity index (χ1n) is 6.30. The molecule has 0 amide bonds. The lowest BCUT2D eigenvalue weighted by Gasteiger charge is -2.05. The number of rotatable bonds is 1. The van der Waals surface area contributed by atoms with Gasteiger partial charge >= 0.3 is 0 Å². The molecule has 0 fully saturated rings. The number of para-hydroxylation sites is 1. The topological polar surface area (TPSA) is 38.7 Å². The summed E-state index contributed by atoms with van der Waals surface area (Å²) in [4.78, 5) is 13.6. The molecule has 0 unspecified atom stereocenters. The Bertz CT molecular complexity index is 819. The average molecular weight is 300 g/mol. The van der Waals surface area contributed by atoms with Crippen LogP contribution < -0.4 is 0 Å². The van der Waals surface area contributed by atoms with Crippen LogP contribution in [0.15, 0.2) is 36.4 Å². The molecule has 3 nitrogen and oxygen atoms in total. The van der Waals surface area contributed by atoms with Gasteiger partial charge in [-0.15, -0.1) is 0 Å². The van der Waals surface area contributed by atoms with Crippen molar-refractivity contribution in [1.82, 2.24) is 15.0 Å². The van der Waals surface area contributed by atoms with Gasteiger partial charge in [-0.2, -0.15) is 11.8 Å². The molecule has 0 spiro atoms. The highest BCUT2D eigenvalue weighted by molar-refractivity contribution is 7.98. The Morgan fingerprint density at radius 1 is 0.950 bits per heavy atom. The molecular formula is C15H10ClN3S. The minimum Gasteiger partial charge on any atom is -0.244 e. The summed E-state index contributed by atoms with van der Waals surface area (Å²) in [5.74, 6) is 2.42. The second kappa shape index (κ2) is 4.72. The lowest BCUT2D eigenvalue weighted by atomic mass is 10.2. The number of nitrogens with zero attached hydrogens (tertiary/aromatic N) is 3. The molecule has 1 aromatic carbocycles. The largest absolute Gasteiger partial charge is 0.244 e. The van der Waals surface area contributed by atoms with Gasteiger partial charge in [0.25, 0.3) is 0 Å². The van der Waals surface area contributed by atoms with Crippen LogP contribution in [0.5, 0.6) is 0 Å². The molecule has 3 heterocycles. The predicted molar refractivity (Wildman–Crippen MR) is 82.8 cm³/mol. The highest BCUT2D eigenvalue weighted by Crippen LogP contribution is 2.33. The van der Waals surface area contributed by atoms with Crippen molar-refractivity contribution in [1.29, 1.82) is 0 Å². The van der Waals surface area contributed by atoms with Gasteiger partial charge in [0.15, 0.2) is 5.82 Å². The van der Waals surface area contributed by atoms with Gasteiger partial charge < -0.3 is 0 Å². The number of thioether (sulfide) groups is 1. The van der Waals surface area contributed by atoms with Crippen LogP contribution in [0.1, 0.15) is 11.3 Å². The molecule has 1 aliphatic heterocycles. The van der Waals surface area contributed by atoms with Crippen LogP contribution in [0.2, 0.25) is 5.15 Å². The molecule has 0 aliphatic carbocycles. The van der Waals surface area contributed by atoms with Gasteiger partial charge in [-0.25, -0.2) is 15.0 Å². The third-order valence-corrected chi connectivity index (χ3v) is 4.64. The standard InChI is InChI=1S/C15H10ClN3S/c16-14-10-7-20-8-13(10)18-15(19-14)12-6-5-9-3-1-2-4-11(9)17-12/h1-6H,7-8H2. The number of fused-ring (bicyclic) bond motifs is 2. The number of aromatic nitrogens is 3. The van der Waals surface area contributed by atoms with Crippen molar-refractivity contribution in [3.63, 3.8) is 0 Å². The molecule has 0 saturated heterocycles. The number of hydrogen-bond acceptors (Lipinski definition) is 4. The molecule has 0 radical (unpaired) electrons. The molecule has 5 heteroatoms. The first kappa shape index (κ1) is 12.1. The van der Waals surface area contributed by atoms with E-state index in [1.807, 2.05) is 48.2 Å². The van der Waals surface area contributed by atoms with Crippen LogP contribution in [0.3, 0.4) is 0 Å². The van der Waals surface area contributed by atoms with E-state index in [-0.39, 0.29) is 0 Å². The van der Waals surface area contributed by atoms with E-state index < -0.39 is 0 Å². The van der Waals surface area contributed by atoms with Gasteiger partial charge in [-0.05, 0) is 12.1 Å². The van der Waals surface area contributed by atoms with Gasteiger partial charge in [0.2, 0.25) is 0 Å². The first-order valence-corrected chi connectivity index (χ1v) is 7.84. The zero-order valence-electron chi connectivity index (χ0n) is 10.5. The highest BCUT2D eigenvalue weighted by Gasteiger charge is 2.19. The zero-order chi connectivity index (χ0) is 13.5.